The Morgan fingerprint density at radius 3 is 2.67 bits per heavy atom. The standard InChI is InChI=1S/C14H23N3O3S/c1-5-6-17(9-14(19)20-4)8-11-10-21-12(15-11)7-13(18)16(2)3/h10H,5-9H2,1-4H3. The number of amides is 1. The van der Waals surface area contributed by atoms with Crippen molar-refractivity contribution in [1.82, 2.24) is 14.8 Å². The maximum absolute atomic E-state index is 11.7. The molecule has 0 radical (unpaired) electrons. The molecule has 0 N–H and O–H groups in total. The highest BCUT2D eigenvalue weighted by Crippen LogP contribution is 2.13. The average molecular weight is 313 g/mol. The van der Waals surface area contributed by atoms with Crippen LogP contribution in [0.25, 0.3) is 0 Å². The van der Waals surface area contributed by atoms with Gasteiger partial charge in [0.15, 0.2) is 0 Å². The van der Waals surface area contributed by atoms with Gasteiger partial charge in [0.1, 0.15) is 5.01 Å². The van der Waals surface area contributed by atoms with E-state index >= 15 is 0 Å². The molecule has 0 aliphatic rings. The van der Waals surface area contributed by atoms with Gasteiger partial charge in [-0.1, -0.05) is 6.92 Å². The van der Waals surface area contributed by atoms with Gasteiger partial charge in [0.25, 0.3) is 0 Å². The van der Waals surface area contributed by atoms with E-state index in [4.69, 9.17) is 4.74 Å². The maximum Gasteiger partial charge on any atom is 0.319 e. The van der Waals surface area contributed by atoms with Crippen LogP contribution in [0.3, 0.4) is 0 Å². The molecule has 118 valence electrons. The van der Waals surface area contributed by atoms with Gasteiger partial charge in [0.05, 0.1) is 25.8 Å². The zero-order chi connectivity index (χ0) is 15.8. The first kappa shape index (κ1) is 17.6. The first-order valence-corrected chi connectivity index (χ1v) is 7.76. The van der Waals surface area contributed by atoms with Crippen LogP contribution in [-0.2, 0) is 27.3 Å². The summed E-state index contributed by atoms with van der Waals surface area (Å²) in [6.45, 7) is 3.72. The summed E-state index contributed by atoms with van der Waals surface area (Å²) in [6, 6.07) is 0. The number of likely N-dealkylation sites (N-methyl/N-ethyl adjacent to an activating group) is 1. The highest BCUT2D eigenvalue weighted by Gasteiger charge is 2.14. The molecule has 0 aliphatic heterocycles. The van der Waals surface area contributed by atoms with Gasteiger partial charge < -0.3 is 9.64 Å². The summed E-state index contributed by atoms with van der Waals surface area (Å²) in [5, 5.41) is 2.75. The topological polar surface area (TPSA) is 62.7 Å². The second-order valence-electron chi connectivity index (χ2n) is 4.98. The number of rotatable bonds is 8. The Kier molecular flexibility index (Phi) is 7.31. The summed E-state index contributed by atoms with van der Waals surface area (Å²) in [6.07, 6.45) is 1.27. The van der Waals surface area contributed by atoms with Crippen LogP contribution in [0.4, 0.5) is 0 Å². The number of thiazole rings is 1. The zero-order valence-corrected chi connectivity index (χ0v) is 13.9. The van der Waals surface area contributed by atoms with E-state index in [2.05, 4.69) is 11.9 Å². The fourth-order valence-electron chi connectivity index (χ4n) is 1.80. The molecule has 0 fully saturated rings. The monoisotopic (exact) mass is 313 g/mol. The minimum atomic E-state index is -0.248. The number of hydrogen-bond donors (Lipinski definition) is 0. The zero-order valence-electron chi connectivity index (χ0n) is 13.1. The second-order valence-corrected chi connectivity index (χ2v) is 5.93. The van der Waals surface area contributed by atoms with Gasteiger partial charge in [-0.15, -0.1) is 11.3 Å². The minimum absolute atomic E-state index is 0.0378. The molecule has 0 unspecified atom stereocenters. The lowest BCUT2D eigenvalue weighted by Gasteiger charge is -2.18. The van der Waals surface area contributed by atoms with Crippen LogP contribution in [0, 0.1) is 0 Å². The number of aromatic nitrogens is 1. The molecule has 0 saturated heterocycles. The Labute approximate surface area is 129 Å². The van der Waals surface area contributed by atoms with Crippen LogP contribution in [0.5, 0.6) is 0 Å². The highest BCUT2D eigenvalue weighted by atomic mass is 32.1. The van der Waals surface area contributed by atoms with E-state index in [0.717, 1.165) is 23.7 Å². The van der Waals surface area contributed by atoms with Crippen molar-refractivity contribution in [3.63, 3.8) is 0 Å². The lowest BCUT2D eigenvalue weighted by atomic mass is 10.3. The number of nitrogens with zero attached hydrogens (tertiary/aromatic N) is 3. The summed E-state index contributed by atoms with van der Waals surface area (Å²) >= 11 is 1.48. The molecule has 21 heavy (non-hydrogen) atoms. The Morgan fingerprint density at radius 1 is 1.38 bits per heavy atom. The largest absolute Gasteiger partial charge is 0.468 e. The van der Waals surface area contributed by atoms with Gasteiger partial charge in [0, 0.05) is 26.0 Å². The van der Waals surface area contributed by atoms with Crippen molar-refractivity contribution in [2.75, 3.05) is 34.3 Å². The summed E-state index contributed by atoms with van der Waals surface area (Å²) in [7, 11) is 4.85. The predicted octanol–water partition coefficient (Wildman–Crippen LogP) is 1.16. The maximum atomic E-state index is 11.7. The van der Waals surface area contributed by atoms with Crippen molar-refractivity contribution in [3.8, 4) is 0 Å². The van der Waals surface area contributed by atoms with Crippen LogP contribution in [-0.4, -0.2) is 61.0 Å². The molecule has 0 saturated carbocycles. The van der Waals surface area contributed by atoms with Gasteiger partial charge in [-0.3, -0.25) is 14.5 Å². The number of methoxy groups -OCH3 is 1. The van der Waals surface area contributed by atoms with Crippen LogP contribution in [0.15, 0.2) is 5.38 Å². The van der Waals surface area contributed by atoms with Gasteiger partial charge in [-0.2, -0.15) is 0 Å². The molecule has 0 bridgehead atoms. The van der Waals surface area contributed by atoms with E-state index < -0.39 is 0 Å². The third kappa shape index (κ3) is 6.22. The van der Waals surface area contributed by atoms with Crippen molar-refractivity contribution >= 4 is 23.2 Å². The third-order valence-corrected chi connectivity index (χ3v) is 3.80. The molecule has 7 heteroatoms. The second kappa shape index (κ2) is 8.74. The van der Waals surface area contributed by atoms with Gasteiger partial charge in [-0.05, 0) is 13.0 Å². The van der Waals surface area contributed by atoms with Crippen LogP contribution >= 0.6 is 11.3 Å². The van der Waals surface area contributed by atoms with Crippen molar-refractivity contribution in [2.45, 2.75) is 26.3 Å². The molecule has 0 spiro atoms. The molecule has 1 heterocycles. The van der Waals surface area contributed by atoms with Gasteiger partial charge in [-0.25, -0.2) is 4.98 Å². The molecule has 1 amide bonds. The van der Waals surface area contributed by atoms with Crippen molar-refractivity contribution in [2.24, 2.45) is 0 Å². The number of ether oxygens (including phenoxy) is 1. The molecule has 0 atom stereocenters. The molecular formula is C14H23N3O3S. The quantitative estimate of drug-likeness (QED) is 0.674. The first-order valence-electron chi connectivity index (χ1n) is 6.88. The van der Waals surface area contributed by atoms with Crippen LogP contribution in [0.2, 0.25) is 0 Å². The Balaban J connectivity index is 2.61. The summed E-state index contributed by atoms with van der Waals surface area (Å²) in [5.41, 5.74) is 0.888. The van der Waals surface area contributed by atoms with E-state index in [1.165, 1.54) is 18.4 Å². The smallest absolute Gasteiger partial charge is 0.319 e. The fourth-order valence-corrected chi connectivity index (χ4v) is 2.57. The Morgan fingerprint density at radius 2 is 2.10 bits per heavy atom. The van der Waals surface area contributed by atoms with Crippen LogP contribution in [0.1, 0.15) is 24.0 Å². The molecule has 1 rings (SSSR count). The molecule has 0 aromatic carbocycles. The lowest BCUT2D eigenvalue weighted by Crippen LogP contribution is -2.31. The summed E-state index contributed by atoms with van der Waals surface area (Å²) < 4.78 is 4.70. The van der Waals surface area contributed by atoms with E-state index in [1.54, 1.807) is 19.0 Å². The number of hydrogen-bond acceptors (Lipinski definition) is 6. The molecule has 1 aromatic heterocycles. The number of carbonyl (C=O) groups excluding carboxylic acids is 2. The van der Waals surface area contributed by atoms with E-state index in [9.17, 15) is 9.59 Å². The summed E-state index contributed by atoms with van der Waals surface area (Å²) in [4.78, 5) is 31.1. The minimum Gasteiger partial charge on any atom is -0.468 e. The molecule has 6 nitrogen and oxygen atoms in total. The number of carbonyl (C=O) groups is 2. The summed E-state index contributed by atoms with van der Waals surface area (Å²) in [5.74, 6) is -0.211. The SMILES string of the molecule is CCCN(CC(=O)OC)Cc1csc(CC(=O)N(C)C)n1. The number of esters is 1. The molecular weight excluding hydrogens is 290 g/mol. The average Bonchev–Trinajstić information content (AvgIpc) is 2.85. The van der Waals surface area contributed by atoms with Crippen LogP contribution < -0.4 is 0 Å². The van der Waals surface area contributed by atoms with Gasteiger partial charge in [0.2, 0.25) is 5.91 Å². The normalized spacial score (nSPS) is 10.7. The van der Waals surface area contributed by atoms with Gasteiger partial charge >= 0.3 is 5.97 Å². The first-order chi connectivity index (χ1) is 9.96. The molecule has 0 aliphatic carbocycles. The fraction of sp³-hybridized carbons (Fsp3) is 0.643. The van der Waals surface area contributed by atoms with Crippen molar-refractivity contribution in [1.29, 1.82) is 0 Å². The Hall–Kier alpha value is -1.47. The molecule has 1 aromatic rings. The van der Waals surface area contributed by atoms with Crippen molar-refractivity contribution in [3.05, 3.63) is 16.1 Å². The predicted molar refractivity (Wildman–Crippen MR) is 82.1 cm³/mol. The highest BCUT2D eigenvalue weighted by molar-refractivity contribution is 7.09. The van der Waals surface area contributed by atoms with Crippen molar-refractivity contribution < 1.29 is 14.3 Å². The van der Waals surface area contributed by atoms with E-state index in [1.807, 2.05) is 10.3 Å². The van der Waals surface area contributed by atoms with E-state index in [-0.39, 0.29) is 18.4 Å². The lowest BCUT2D eigenvalue weighted by molar-refractivity contribution is -0.142. The Bertz CT molecular complexity index is 474. The third-order valence-electron chi connectivity index (χ3n) is 2.91. The van der Waals surface area contributed by atoms with E-state index in [0.29, 0.717) is 13.0 Å².